The molecule has 1 aromatic carbocycles. The first-order valence-corrected chi connectivity index (χ1v) is 13.8. The van der Waals surface area contributed by atoms with Crippen molar-refractivity contribution >= 4 is 22.1 Å². The molecule has 0 bridgehead atoms. The average molecular weight is 501 g/mol. The van der Waals surface area contributed by atoms with Crippen LogP contribution in [-0.2, 0) is 30.9 Å². The highest BCUT2D eigenvalue weighted by molar-refractivity contribution is 7.87. The Balaban J connectivity index is 2.55. The van der Waals surface area contributed by atoms with Crippen molar-refractivity contribution in [2.24, 2.45) is 0 Å². The molecule has 8 nitrogen and oxygen atoms in total. The lowest BCUT2D eigenvalue weighted by atomic mass is 10.0. The number of carbonyl (C=O) groups is 2. The van der Waals surface area contributed by atoms with Crippen LogP contribution in [0.5, 0.6) is 5.75 Å². The molecule has 0 aliphatic rings. The Labute approximate surface area is 203 Å². The molecule has 1 rings (SSSR count). The van der Waals surface area contributed by atoms with Crippen LogP contribution in [0.15, 0.2) is 24.3 Å². The van der Waals surface area contributed by atoms with Crippen LogP contribution in [0.3, 0.4) is 0 Å². The number of carboxylic acids is 1. The zero-order valence-corrected chi connectivity index (χ0v) is 21.2. The first-order chi connectivity index (χ1) is 16.2. The van der Waals surface area contributed by atoms with Crippen molar-refractivity contribution in [3.05, 3.63) is 29.8 Å². The first kappa shape index (κ1) is 29.9. The molecule has 0 saturated heterocycles. The molecule has 0 spiro atoms. The summed E-state index contributed by atoms with van der Waals surface area (Å²) in [5.41, 5.74) is 0.952. The third-order valence-corrected chi connectivity index (χ3v) is 6.67. The van der Waals surface area contributed by atoms with Gasteiger partial charge >= 0.3 is 11.9 Å². The van der Waals surface area contributed by atoms with E-state index < -0.39 is 40.0 Å². The summed E-state index contributed by atoms with van der Waals surface area (Å²) in [6, 6.07) is 7.37. The molecular weight excluding hydrogens is 460 g/mol. The average Bonchev–Trinajstić information content (AvgIpc) is 2.78. The number of hydrogen-bond acceptors (Lipinski definition) is 6. The lowest BCUT2D eigenvalue weighted by Crippen LogP contribution is -2.37. The topological polar surface area (TPSA) is 127 Å². The Bertz CT molecular complexity index is 837. The monoisotopic (exact) mass is 500 g/mol. The summed E-state index contributed by atoms with van der Waals surface area (Å²) in [7, 11) is -4.93. The van der Waals surface area contributed by atoms with Gasteiger partial charge in [-0.1, -0.05) is 89.8 Å². The highest BCUT2D eigenvalue weighted by Gasteiger charge is 2.36. The van der Waals surface area contributed by atoms with Gasteiger partial charge in [0.15, 0.2) is 5.25 Å². The number of para-hydroxylation sites is 1. The zero-order chi connectivity index (χ0) is 25.4. The minimum absolute atomic E-state index is 0.212. The van der Waals surface area contributed by atoms with E-state index in [2.05, 4.69) is 6.92 Å². The number of aryl methyl sites for hydroxylation is 1. The number of benzene rings is 1. The molecule has 0 heterocycles. The second-order valence-corrected chi connectivity index (χ2v) is 10.1. The summed E-state index contributed by atoms with van der Waals surface area (Å²) in [5.74, 6) is -2.38. The van der Waals surface area contributed by atoms with Crippen LogP contribution in [0.25, 0.3) is 0 Å². The van der Waals surface area contributed by atoms with Gasteiger partial charge in [0.05, 0.1) is 6.42 Å². The van der Waals surface area contributed by atoms with Crippen molar-refractivity contribution in [2.75, 3.05) is 0 Å². The van der Waals surface area contributed by atoms with Gasteiger partial charge < -0.3 is 14.6 Å². The van der Waals surface area contributed by atoms with Crippen LogP contribution < -0.4 is 4.74 Å². The van der Waals surface area contributed by atoms with E-state index in [9.17, 15) is 22.6 Å². The van der Waals surface area contributed by atoms with Crippen molar-refractivity contribution in [3.8, 4) is 5.75 Å². The van der Waals surface area contributed by atoms with Crippen LogP contribution in [0.2, 0.25) is 0 Å². The van der Waals surface area contributed by atoms with Crippen LogP contribution in [0.4, 0.5) is 0 Å². The second-order valence-electron chi connectivity index (χ2n) is 8.53. The zero-order valence-electron chi connectivity index (χ0n) is 20.4. The molecule has 1 aromatic rings. The van der Waals surface area contributed by atoms with Gasteiger partial charge in [-0.3, -0.25) is 14.1 Å². The highest BCUT2D eigenvalue weighted by Crippen LogP contribution is 2.24. The smallest absolute Gasteiger partial charge is 0.330 e. The molecule has 2 atom stereocenters. The number of unbranched alkanes of at least 4 members (excludes halogenated alkanes) is 9. The molecule has 0 aliphatic heterocycles. The van der Waals surface area contributed by atoms with Crippen molar-refractivity contribution < 1.29 is 37.1 Å². The van der Waals surface area contributed by atoms with Gasteiger partial charge in [-0.15, -0.1) is 0 Å². The van der Waals surface area contributed by atoms with Crippen molar-refractivity contribution in [1.29, 1.82) is 0 Å². The van der Waals surface area contributed by atoms with Crippen LogP contribution in [-0.4, -0.2) is 41.6 Å². The van der Waals surface area contributed by atoms with E-state index in [0.717, 1.165) is 24.8 Å². The first-order valence-electron chi connectivity index (χ1n) is 12.3. The Morgan fingerprint density at radius 1 is 0.912 bits per heavy atom. The fourth-order valence-corrected chi connectivity index (χ4v) is 4.29. The van der Waals surface area contributed by atoms with Crippen LogP contribution >= 0.6 is 0 Å². The molecule has 0 amide bonds. The summed E-state index contributed by atoms with van der Waals surface area (Å²) >= 11 is 0. The predicted molar refractivity (Wildman–Crippen MR) is 130 cm³/mol. The summed E-state index contributed by atoms with van der Waals surface area (Å²) in [5, 5.41) is 6.63. The predicted octanol–water partition coefficient (Wildman–Crippen LogP) is 5.54. The van der Waals surface area contributed by atoms with E-state index in [0.29, 0.717) is 5.75 Å². The fraction of sp³-hybridized carbons (Fsp3) is 0.680. The number of esters is 1. The van der Waals surface area contributed by atoms with E-state index >= 15 is 0 Å². The summed E-state index contributed by atoms with van der Waals surface area (Å²) in [6.07, 6.45) is 11.2. The molecule has 0 saturated carbocycles. The van der Waals surface area contributed by atoms with Gasteiger partial charge in [0.25, 0.3) is 10.1 Å². The lowest BCUT2D eigenvalue weighted by molar-refractivity contribution is -0.165. The largest absolute Gasteiger partial charge is 0.481 e. The van der Waals surface area contributed by atoms with E-state index in [1.54, 1.807) is 19.1 Å². The van der Waals surface area contributed by atoms with Gasteiger partial charge in [-0.2, -0.15) is 8.42 Å². The molecule has 0 aliphatic carbocycles. The van der Waals surface area contributed by atoms with Gasteiger partial charge in [0.2, 0.25) is 6.29 Å². The Kier molecular flexibility index (Phi) is 14.5. The number of rotatable bonds is 19. The molecule has 34 heavy (non-hydrogen) atoms. The summed E-state index contributed by atoms with van der Waals surface area (Å²) in [6.45, 7) is 3.91. The maximum atomic E-state index is 12.2. The Morgan fingerprint density at radius 3 is 2.00 bits per heavy atom. The van der Waals surface area contributed by atoms with E-state index in [1.807, 2.05) is 12.1 Å². The van der Waals surface area contributed by atoms with Crippen LogP contribution in [0.1, 0.15) is 96.5 Å². The van der Waals surface area contributed by atoms with Gasteiger partial charge in [0, 0.05) is 6.42 Å². The summed E-state index contributed by atoms with van der Waals surface area (Å²) in [4.78, 5) is 23.1. The van der Waals surface area contributed by atoms with E-state index in [1.165, 1.54) is 51.4 Å². The molecule has 2 N–H and O–H groups in total. The number of carboxylic acid groups (broad SMARTS) is 1. The number of hydrogen-bond donors (Lipinski definition) is 2. The molecule has 0 aromatic heterocycles. The third-order valence-electron chi connectivity index (χ3n) is 5.59. The maximum absolute atomic E-state index is 12.2. The molecule has 194 valence electrons. The highest BCUT2D eigenvalue weighted by atomic mass is 32.2. The number of aliphatic carboxylic acids is 1. The number of carbonyl (C=O) groups excluding carboxylic acids is 1. The normalized spacial score (nSPS) is 13.3. The van der Waals surface area contributed by atoms with Gasteiger partial charge in [-0.25, -0.2) is 0 Å². The minimum atomic E-state index is -4.93. The third kappa shape index (κ3) is 12.4. The van der Waals surface area contributed by atoms with Crippen LogP contribution in [0, 0.1) is 0 Å². The Morgan fingerprint density at radius 2 is 1.47 bits per heavy atom. The Hall–Kier alpha value is -2.13. The van der Waals surface area contributed by atoms with Crippen molar-refractivity contribution in [1.82, 2.24) is 0 Å². The SMILES string of the molecule is CCCCCCCCCCCCc1ccccc1OC(CC)OC(=O)C(CC(=O)O)S(=O)(=O)O. The van der Waals surface area contributed by atoms with Gasteiger partial charge in [-0.05, 0) is 24.5 Å². The molecule has 0 fully saturated rings. The number of ether oxygens (including phenoxy) is 2. The fourth-order valence-electron chi connectivity index (χ4n) is 3.63. The van der Waals surface area contributed by atoms with E-state index in [-0.39, 0.29) is 6.42 Å². The quantitative estimate of drug-likeness (QED) is 0.110. The van der Waals surface area contributed by atoms with E-state index in [4.69, 9.17) is 14.6 Å². The molecule has 2 unspecified atom stereocenters. The van der Waals surface area contributed by atoms with Gasteiger partial charge in [0.1, 0.15) is 5.75 Å². The second kappa shape index (κ2) is 16.5. The molecule has 9 heteroatoms. The summed E-state index contributed by atoms with van der Waals surface area (Å²) < 4.78 is 42.9. The molecule has 0 radical (unpaired) electrons. The lowest BCUT2D eigenvalue weighted by Gasteiger charge is -2.21. The van der Waals surface area contributed by atoms with Crippen molar-refractivity contribution in [2.45, 2.75) is 109 Å². The van der Waals surface area contributed by atoms with Crippen molar-refractivity contribution in [3.63, 3.8) is 0 Å². The standard InChI is InChI=1S/C25H40O8S/c1-3-5-6-7-8-9-10-11-12-13-16-20-17-14-15-18-21(20)32-24(4-2)33-25(28)22(19-23(26)27)34(29,30)31/h14-15,17-18,22,24H,3-13,16,19H2,1-2H3,(H,26,27)(H,29,30,31). The minimum Gasteiger partial charge on any atom is -0.481 e. The maximum Gasteiger partial charge on any atom is 0.330 e. The molecular formula is C25H40O8S.